The Bertz CT molecular complexity index is 275. The van der Waals surface area contributed by atoms with Gasteiger partial charge in [-0.25, -0.2) is 0 Å². The van der Waals surface area contributed by atoms with Crippen molar-refractivity contribution in [3.8, 4) is 6.07 Å². The maximum Gasteiger partial charge on any atom is 0.122 e. The van der Waals surface area contributed by atoms with Gasteiger partial charge in [-0.15, -0.1) is 0 Å². The van der Waals surface area contributed by atoms with E-state index in [1.54, 1.807) is 0 Å². The first-order chi connectivity index (χ1) is 7.72. The molecule has 0 spiro atoms. The summed E-state index contributed by atoms with van der Waals surface area (Å²) in [7, 11) is 2.17. The van der Waals surface area contributed by atoms with Gasteiger partial charge in [0.2, 0.25) is 0 Å². The van der Waals surface area contributed by atoms with Gasteiger partial charge < -0.3 is 4.90 Å². The highest BCUT2D eigenvalue weighted by Crippen LogP contribution is 2.41. The normalized spacial score (nSPS) is 24.1. The van der Waals surface area contributed by atoms with Crippen LogP contribution in [-0.4, -0.2) is 36.6 Å². The average Bonchev–Trinajstić information content (AvgIpc) is 3.15. The molecule has 0 radical (unpaired) electrons. The van der Waals surface area contributed by atoms with Crippen LogP contribution in [0.5, 0.6) is 0 Å². The molecular formula is C13H23N3. The number of hydrogen-bond donors (Lipinski definition) is 1. The molecule has 1 N–H and O–H groups in total. The molecule has 0 amide bonds. The fourth-order valence-corrected chi connectivity index (χ4v) is 2.46. The molecule has 0 aromatic rings. The topological polar surface area (TPSA) is 39.1 Å². The average molecular weight is 221 g/mol. The monoisotopic (exact) mass is 221 g/mol. The lowest BCUT2D eigenvalue weighted by atomic mass is 9.94. The summed E-state index contributed by atoms with van der Waals surface area (Å²) in [6.07, 6.45) is 6.18. The highest BCUT2D eigenvalue weighted by Gasteiger charge is 2.47. The Balaban J connectivity index is 1.97. The zero-order chi connectivity index (χ0) is 11.6. The minimum Gasteiger partial charge on any atom is -0.300 e. The van der Waals surface area contributed by atoms with Crippen LogP contribution in [0.3, 0.4) is 0 Å². The van der Waals surface area contributed by atoms with E-state index in [1.807, 2.05) is 0 Å². The zero-order valence-electron chi connectivity index (χ0n) is 10.5. The van der Waals surface area contributed by atoms with E-state index >= 15 is 0 Å². The van der Waals surface area contributed by atoms with Crippen LogP contribution >= 0.6 is 0 Å². The van der Waals surface area contributed by atoms with E-state index in [0.29, 0.717) is 5.92 Å². The first-order valence-corrected chi connectivity index (χ1v) is 6.58. The van der Waals surface area contributed by atoms with Crippen molar-refractivity contribution in [2.75, 3.05) is 20.1 Å². The SMILES string of the molecule is CCCNC(C#N)(CN(C)C1CC1)C1CC1. The Kier molecular flexibility index (Phi) is 3.51. The Morgan fingerprint density at radius 1 is 1.38 bits per heavy atom. The molecule has 0 bridgehead atoms. The summed E-state index contributed by atoms with van der Waals surface area (Å²) in [6.45, 7) is 4.02. The van der Waals surface area contributed by atoms with Gasteiger partial charge in [0.25, 0.3) is 0 Å². The van der Waals surface area contributed by atoms with Gasteiger partial charge in [0.05, 0.1) is 6.07 Å². The largest absolute Gasteiger partial charge is 0.300 e. The first-order valence-electron chi connectivity index (χ1n) is 6.58. The molecule has 2 aliphatic rings. The van der Waals surface area contributed by atoms with Crippen molar-refractivity contribution >= 4 is 0 Å². The molecule has 2 saturated carbocycles. The van der Waals surface area contributed by atoms with Crippen molar-refractivity contribution < 1.29 is 0 Å². The zero-order valence-corrected chi connectivity index (χ0v) is 10.5. The Morgan fingerprint density at radius 2 is 2.06 bits per heavy atom. The molecule has 0 aromatic heterocycles. The Morgan fingerprint density at radius 3 is 2.50 bits per heavy atom. The first kappa shape index (κ1) is 11.9. The number of nitriles is 1. The number of likely N-dealkylation sites (N-methyl/N-ethyl adjacent to an activating group) is 1. The van der Waals surface area contributed by atoms with Gasteiger partial charge in [0.1, 0.15) is 5.54 Å². The number of nitrogens with zero attached hydrogens (tertiary/aromatic N) is 2. The van der Waals surface area contributed by atoms with Gasteiger partial charge in [0, 0.05) is 12.6 Å². The third kappa shape index (κ3) is 2.56. The predicted molar refractivity (Wildman–Crippen MR) is 65.0 cm³/mol. The standard InChI is InChI=1S/C13H23N3/c1-3-8-15-13(9-14,11-4-5-11)10-16(2)12-6-7-12/h11-12,15H,3-8,10H2,1-2H3. The van der Waals surface area contributed by atoms with Gasteiger partial charge in [0.15, 0.2) is 0 Å². The van der Waals surface area contributed by atoms with E-state index in [1.165, 1.54) is 25.7 Å². The summed E-state index contributed by atoms with van der Waals surface area (Å²) >= 11 is 0. The molecule has 0 aliphatic heterocycles. The molecule has 0 heterocycles. The van der Waals surface area contributed by atoms with E-state index in [4.69, 9.17) is 0 Å². The summed E-state index contributed by atoms with van der Waals surface area (Å²) in [6, 6.07) is 3.32. The molecule has 1 unspecified atom stereocenters. The maximum atomic E-state index is 9.53. The molecule has 2 rings (SSSR count). The molecule has 90 valence electrons. The van der Waals surface area contributed by atoms with Crippen molar-refractivity contribution in [2.24, 2.45) is 5.92 Å². The summed E-state index contributed by atoms with van der Waals surface area (Å²) in [4.78, 5) is 2.38. The van der Waals surface area contributed by atoms with Crippen LogP contribution in [0.15, 0.2) is 0 Å². The molecule has 2 fully saturated rings. The van der Waals surface area contributed by atoms with Crippen LogP contribution in [-0.2, 0) is 0 Å². The van der Waals surface area contributed by atoms with Gasteiger partial charge in [-0.05, 0) is 51.6 Å². The molecule has 0 saturated heterocycles. The van der Waals surface area contributed by atoms with Crippen LogP contribution < -0.4 is 5.32 Å². The lowest BCUT2D eigenvalue weighted by molar-refractivity contribution is 0.221. The van der Waals surface area contributed by atoms with E-state index in [2.05, 4.69) is 30.3 Å². The minimum atomic E-state index is -0.270. The summed E-state index contributed by atoms with van der Waals surface area (Å²) < 4.78 is 0. The van der Waals surface area contributed by atoms with Crippen LogP contribution in [0.2, 0.25) is 0 Å². The second-order valence-corrected chi connectivity index (χ2v) is 5.43. The Hall–Kier alpha value is -0.590. The molecular weight excluding hydrogens is 198 g/mol. The highest BCUT2D eigenvalue weighted by atomic mass is 15.2. The third-order valence-electron chi connectivity index (χ3n) is 3.83. The molecule has 2 aliphatic carbocycles. The Labute approximate surface area is 98.8 Å². The van der Waals surface area contributed by atoms with Gasteiger partial charge in [-0.2, -0.15) is 5.26 Å². The quantitative estimate of drug-likeness (QED) is 0.712. The molecule has 3 nitrogen and oxygen atoms in total. The summed E-state index contributed by atoms with van der Waals surface area (Å²) in [5.74, 6) is 0.588. The number of rotatable bonds is 7. The van der Waals surface area contributed by atoms with E-state index in [0.717, 1.165) is 25.6 Å². The highest BCUT2D eigenvalue weighted by molar-refractivity contribution is 5.17. The fraction of sp³-hybridized carbons (Fsp3) is 0.923. The molecule has 16 heavy (non-hydrogen) atoms. The number of hydrogen-bond acceptors (Lipinski definition) is 3. The summed E-state index contributed by atoms with van der Waals surface area (Å²) in [5.41, 5.74) is -0.270. The second-order valence-electron chi connectivity index (χ2n) is 5.43. The van der Waals surface area contributed by atoms with E-state index < -0.39 is 0 Å². The molecule has 0 aromatic carbocycles. The lowest BCUT2D eigenvalue weighted by Gasteiger charge is -2.32. The lowest BCUT2D eigenvalue weighted by Crippen LogP contribution is -2.54. The second kappa shape index (κ2) is 4.73. The van der Waals surface area contributed by atoms with E-state index in [9.17, 15) is 5.26 Å². The molecule has 1 atom stereocenters. The van der Waals surface area contributed by atoms with Crippen LogP contribution in [0.25, 0.3) is 0 Å². The van der Waals surface area contributed by atoms with Crippen molar-refractivity contribution in [1.82, 2.24) is 10.2 Å². The van der Waals surface area contributed by atoms with Crippen molar-refractivity contribution in [1.29, 1.82) is 5.26 Å². The number of nitrogens with one attached hydrogen (secondary N) is 1. The third-order valence-corrected chi connectivity index (χ3v) is 3.83. The van der Waals surface area contributed by atoms with Crippen LogP contribution in [0, 0.1) is 17.2 Å². The minimum absolute atomic E-state index is 0.270. The smallest absolute Gasteiger partial charge is 0.122 e. The van der Waals surface area contributed by atoms with E-state index in [-0.39, 0.29) is 5.54 Å². The molecule has 3 heteroatoms. The predicted octanol–water partition coefficient (Wildman–Crippen LogP) is 1.75. The summed E-state index contributed by atoms with van der Waals surface area (Å²) in [5, 5.41) is 13.0. The fourth-order valence-electron chi connectivity index (χ4n) is 2.46. The maximum absolute atomic E-state index is 9.53. The van der Waals surface area contributed by atoms with Crippen molar-refractivity contribution in [2.45, 2.75) is 50.6 Å². The van der Waals surface area contributed by atoms with Gasteiger partial charge in [-0.3, -0.25) is 5.32 Å². The van der Waals surface area contributed by atoms with Crippen LogP contribution in [0.4, 0.5) is 0 Å². The van der Waals surface area contributed by atoms with Gasteiger partial charge in [-0.1, -0.05) is 6.92 Å². The van der Waals surface area contributed by atoms with Gasteiger partial charge >= 0.3 is 0 Å². The van der Waals surface area contributed by atoms with Crippen molar-refractivity contribution in [3.05, 3.63) is 0 Å². The van der Waals surface area contributed by atoms with Crippen LogP contribution in [0.1, 0.15) is 39.0 Å². The van der Waals surface area contributed by atoms with Crippen molar-refractivity contribution in [3.63, 3.8) is 0 Å².